The number of piperazine rings is 1. The van der Waals surface area contributed by atoms with Crippen LogP contribution >= 0.6 is 0 Å². The number of nitrogens with one attached hydrogen (secondary N) is 1. The van der Waals surface area contributed by atoms with Gasteiger partial charge in [-0.25, -0.2) is 0 Å². The Labute approximate surface area is 137 Å². The summed E-state index contributed by atoms with van der Waals surface area (Å²) in [5.74, 6) is 1.22. The SMILES string of the molecule is O=C(C1CNC1)N1CCN(CC(O)COc2ccccc2)CC1. The van der Waals surface area contributed by atoms with Crippen LogP contribution in [-0.2, 0) is 4.79 Å². The van der Waals surface area contributed by atoms with Crippen LogP contribution in [0.4, 0.5) is 0 Å². The fraction of sp³-hybridized carbons (Fsp3) is 0.588. The van der Waals surface area contributed by atoms with Gasteiger partial charge in [-0.1, -0.05) is 18.2 Å². The molecule has 0 aromatic heterocycles. The fourth-order valence-electron chi connectivity index (χ4n) is 2.93. The first-order valence-corrected chi connectivity index (χ1v) is 8.30. The number of nitrogens with zero attached hydrogens (tertiary/aromatic N) is 2. The Hall–Kier alpha value is -1.63. The molecule has 1 atom stereocenters. The maximum absolute atomic E-state index is 12.2. The van der Waals surface area contributed by atoms with E-state index in [1.807, 2.05) is 35.2 Å². The number of rotatable bonds is 6. The lowest BCUT2D eigenvalue weighted by molar-refractivity contribution is -0.139. The number of aliphatic hydroxyl groups excluding tert-OH is 1. The summed E-state index contributed by atoms with van der Waals surface area (Å²) in [5.41, 5.74) is 0. The second kappa shape index (κ2) is 7.77. The second-order valence-electron chi connectivity index (χ2n) is 6.26. The van der Waals surface area contributed by atoms with Gasteiger partial charge in [0.15, 0.2) is 0 Å². The van der Waals surface area contributed by atoms with Gasteiger partial charge in [0.2, 0.25) is 5.91 Å². The predicted octanol–water partition coefficient (Wildman–Crippen LogP) is -0.210. The van der Waals surface area contributed by atoms with Crippen LogP contribution in [-0.4, -0.2) is 79.3 Å². The van der Waals surface area contributed by atoms with E-state index in [9.17, 15) is 9.90 Å². The van der Waals surface area contributed by atoms with Crippen LogP contribution in [0, 0.1) is 5.92 Å². The Morgan fingerprint density at radius 1 is 1.22 bits per heavy atom. The Balaban J connectivity index is 1.35. The van der Waals surface area contributed by atoms with Gasteiger partial charge in [-0.3, -0.25) is 9.69 Å². The van der Waals surface area contributed by atoms with Crippen LogP contribution < -0.4 is 10.1 Å². The van der Waals surface area contributed by atoms with Crippen molar-refractivity contribution in [3.8, 4) is 5.75 Å². The lowest BCUT2D eigenvalue weighted by atomic mass is 10.0. The van der Waals surface area contributed by atoms with Crippen LogP contribution in [0.15, 0.2) is 30.3 Å². The van der Waals surface area contributed by atoms with Crippen molar-refractivity contribution in [1.29, 1.82) is 0 Å². The molecule has 2 fully saturated rings. The number of hydrogen-bond donors (Lipinski definition) is 2. The first-order chi connectivity index (χ1) is 11.2. The van der Waals surface area contributed by atoms with E-state index < -0.39 is 6.10 Å². The largest absolute Gasteiger partial charge is 0.491 e. The molecule has 0 radical (unpaired) electrons. The molecule has 0 saturated carbocycles. The van der Waals surface area contributed by atoms with Gasteiger partial charge in [0, 0.05) is 45.8 Å². The highest BCUT2D eigenvalue weighted by molar-refractivity contribution is 5.80. The van der Waals surface area contributed by atoms with Crippen LogP contribution in [0.25, 0.3) is 0 Å². The van der Waals surface area contributed by atoms with Crippen molar-refractivity contribution in [2.24, 2.45) is 5.92 Å². The minimum Gasteiger partial charge on any atom is -0.491 e. The molecule has 2 aliphatic rings. The number of benzene rings is 1. The summed E-state index contributed by atoms with van der Waals surface area (Å²) >= 11 is 0. The number of para-hydroxylation sites is 1. The van der Waals surface area contributed by atoms with E-state index in [1.165, 1.54) is 0 Å². The molecule has 2 N–H and O–H groups in total. The highest BCUT2D eigenvalue weighted by Crippen LogP contribution is 2.12. The van der Waals surface area contributed by atoms with Crippen molar-refractivity contribution < 1.29 is 14.6 Å². The molecule has 2 saturated heterocycles. The van der Waals surface area contributed by atoms with Gasteiger partial charge in [-0.2, -0.15) is 0 Å². The summed E-state index contributed by atoms with van der Waals surface area (Å²) in [6.45, 7) is 5.63. The van der Waals surface area contributed by atoms with Gasteiger partial charge in [-0.05, 0) is 12.1 Å². The lowest BCUT2D eigenvalue weighted by Gasteiger charge is -2.39. The third kappa shape index (κ3) is 4.43. The highest BCUT2D eigenvalue weighted by Gasteiger charge is 2.31. The summed E-state index contributed by atoms with van der Waals surface area (Å²) < 4.78 is 5.57. The van der Waals surface area contributed by atoms with Crippen molar-refractivity contribution in [1.82, 2.24) is 15.1 Å². The maximum Gasteiger partial charge on any atom is 0.228 e. The Bertz CT molecular complexity index is 499. The standard InChI is InChI=1S/C17H25N3O3/c21-15(13-23-16-4-2-1-3-5-16)12-19-6-8-20(9-7-19)17(22)14-10-18-11-14/h1-5,14-15,18,21H,6-13H2. The number of ether oxygens (including phenoxy) is 1. The van der Waals surface area contributed by atoms with Crippen LogP contribution in [0.5, 0.6) is 5.75 Å². The van der Waals surface area contributed by atoms with E-state index in [0.29, 0.717) is 6.54 Å². The third-order valence-electron chi connectivity index (χ3n) is 4.47. The van der Waals surface area contributed by atoms with Crippen molar-refractivity contribution in [2.45, 2.75) is 6.10 Å². The number of aliphatic hydroxyl groups is 1. The zero-order chi connectivity index (χ0) is 16.1. The molecule has 126 valence electrons. The highest BCUT2D eigenvalue weighted by atomic mass is 16.5. The molecular formula is C17H25N3O3. The number of β-amino-alcohol motifs (C(OH)–C–C–N with tert-alkyl or cyclic N) is 1. The van der Waals surface area contributed by atoms with Gasteiger partial charge in [0.05, 0.1) is 5.92 Å². The van der Waals surface area contributed by atoms with Crippen LogP contribution in [0.2, 0.25) is 0 Å². The number of carbonyl (C=O) groups is 1. The molecule has 2 aliphatic heterocycles. The number of carbonyl (C=O) groups excluding carboxylic acids is 1. The van der Waals surface area contributed by atoms with Crippen molar-refractivity contribution in [2.75, 3.05) is 52.4 Å². The van der Waals surface area contributed by atoms with Gasteiger partial charge < -0.3 is 20.1 Å². The average Bonchev–Trinajstić information content (AvgIpc) is 2.53. The Kier molecular flexibility index (Phi) is 5.48. The van der Waals surface area contributed by atoms with Crippen LogP contribution in [0.3, 0.4) is 0 Å². The minimum atomic E-state index is -0.520. The fourth-order valence-corrected chi connectivity index (χ4v) is 2.93. The normalized spacial score (nSPS) is 20.8. The summed E-state index contributed by atoms with van der Waals surface area (Å²) in [4.78, 5) is 16.3. The van der Waals surface area contributed by atoms with Gasteiger partial charge >= 0.3 is 0 Å². The smallest absolute Gasteiger partial charge is 0.228 e. The lowest BCUT2D eigenvalue weighted by Crippen LogP contribution is -2.57. The molecule has 1 aromatic rings. The first-order valence-electron chi connectivity index (χ1n) is 8.30. The van der Waals surface area contributed by atoms with E-state index in [-0.39, 0.29) is 18.4 Å². The second-order valence-corrected chi connectivity index (χ2v) is 6.26. The van der Waals surface area contributed by atoms with Gasteiger partial charge in [0.25, 0.3) is 0 Å². The minimum absolute atomic E-state index is 0.173. The van der Waals surface area contributed by atoms with E-state index in [0.717, 1.165) is 45.0 Å². The molecular weight excluding hydrogens is 294 g/mol. The predicted molar refractivity (Wildman–Crippen MR) is 87.3 cm³/mol. The topological polar surface area (TPSA) is 65.0 Å². The van der Waals surface area contributed by atoms with Gasteiger partial charge in [0.1, 0.15) is 18.5 Å². The molecule has 0 spiro atoms. The molecule has 1 unspecified atom stereocenters. The molecule has 3 rings (SSSR count). The molecule has 23 heavy (non-hydrogen) atoms. The van der Waals surface area contributed by atoms with Crippen molar-refractivity contribution >= 4 is 5.91 Å². The van der Waals surface area contributed by atoms with Gasteiger partial charge in [-0.15, -0.1) is 0 Å². The summed E-state index contributed by atoms with van der Waals surface area (Å²) in [5, 5.41) is 13.3. The van der Waals surface area contributed by atoms with Crippen molar-refractivity contribution in [3.05, 3.63) is 30.3 Å². The Morgan fingerprint density at radius 3 is 2.52 bits per heavy atom. The Morgan fingerprint density at radius 2 is 1.91 bits per heavy atom. The number of amides is 1. The molecule has 0 bridgehead atoms. The molecule has 2 heterocycles. The molecule has 0 aliphatic carbocycles. The monoisotopic (exact) mass is 319 g/mol. The zero-order valence-electron chi connectivity index (χ0n) is 13.4. The quantitative estimate of drug-likeness (QED) is 0.760. The maximum atomic E-state index is 12.2. The summed E-state index contributed by atoms with van der Waals surface area (Å²) in [6, 6.07) is 9.52. The van der Waals surface area contributed by atoms with E-state index in [4.69, 9.17) is 4.74 Å². The number of hydrogen-bond acceptors (Lipinski definition) is 5. The van der Waals surface area contributed by atoms with E-state index >= 15 is 0 Å². The molecule has 6 heteroatoms. The summed E-state index contributed by atoms with van der Waals surface area (Å²) in [6.07, 6.45) is -0.520. The summed E-state index contributed by atoms with van der Waals surface area (Å²) in [7, 11) is 0. The molecule has 6 nitrogen and oxygen atoms in total. The van der Waals surface area contributed by atoms with E-state index in [2.05, 4.69) is 10.2 Å². The first kappa shape index (κ1) is 16.2. The average molecular weight is 319 g/mol. The zero-order valence-corrected chi connectivity index (χ0v) is 13.4. The van der Waals surface area contributed by atoms with Crippen LogP contribution in [0.1, 0.15) is 0 Å². The van der Waals surface area contributed by atoms with E-state index in [1.54, 1.807) is 0 Å². The third-order valence-corrected chi connectivity index (χ3v) is 4.47. The molecule has 1 amide bonds. The molecule has 1 aromatic carbocycles. The van der Waals surface area contributed by atoms with Crippen molar-refractivity contribution in [3.63, 3.8) is 0 Å².